The molecule has 1 aromatic rings. The van der Waals surface area contributed by atoms with Crippen molar-refractivity contribution in [1.29, 1.82) is 0 Å². The van der Waals surface area contributed by atoms with Crippen LogP contribution in [0.1, 0.15) is 25.7 Å². The smallest absolute Gasteiger partial charge is 0.319 e. The Morgan fingerprint density at radius 1 is 1.11 bits per heavy atom. The Bertz CT molecular complexity index is 654. The standard InChI is InChI=1S/C21H32N4O2S/c26-20(22-16-21(8-15-28-17-21)25-11-13-27-14-12-25)23-18-6-2-3-7-19(18)24-9-4-1-5-10-24/h2-3,6-7H,1,4-5,8-17H2,(H2,22,23,26). The van der Waals surface area contributed by atoms with Gasteiger partial charge in [-0.15, -0.1) is 0 Å². The molecule has 6 nitrogen and oxygen atoms in total. The molecule has 3 aliphatic rings. The number of urea groups is 1. The van der Waals surface area contributed by atoms with E-state index in [2.05, 4.69) is 32.6 Å². The molecular formula is C21H32N4O2S. The van der Waals surface area contributed by atoms with Gasteiger partial charge in [-0.05, 0) is 43.6 Å². The largest absolute Gasteiger partial charge is 0.379 e. The number of piperidine rings is 1. The Hall–Kier alpha value is -1.44. The van der Waals surface area contributed by atoms with Crippen LogP contribution in [0.4, 0.5) is 16.2 Å². The van der Waals surface area contributed by atoms with Crippen LogP contribution in [0.25, 0.3) is 0 Å². The van der Waals surface area contributed by atoms with Crippen molar-refractivity contribution in [2.75, 3.05) is 67.7 Å². The number of ether oxygens (including phenoxy) is 1. The summed E-state index contributed by atoms with van der Waals surface area (Å²) in [5.74, 6) is 2.25. The summed E-state index contributed by atoms with van der Waals surface area (Å²) >= 11 is 1.99. The first-order valence-electron chi connectivity index (χ1n) is 10.6. The fraction of sp³-hybridized carbons (Fsp3) is 0.667. The fourth-order valence-electron chi connectivity index (χ4n) is 4.54. The second-order valence-electron chi connectivity index (χ2n) is 8.00. The van der Waals surface area contributed by atoms with Crippen molar-refractivity contribution in [2.24, 2.45) is 0 Å². The Kier molecular flexibility index (Phi) is 6.65. The van der Waals surface area contributed by atoms with Crippen molar-refractivity contribution in [3.05, 3.63) is 24.3 Å². The Morgan fingerprint density at radius 3 is 2.64 bits per heavy atom. The molecule has 0 aliphatic carbocycles. The highest BCUT2D eigenvalue weighted by Gasteiger charge is 2.40. The summed E-state index contributed by atoms with van der Waals surface area (Å²) in [6.07, 6.45) is 4.87. The zero-order chi connectivity index (χ0) is 19.2. The third-order valence-corrected chi connectivity index (χ3v) is 7.43. The van der Waals surface area contributed by atoms with Gasteiger partial charge in [0, 0.05) is 44.0 Å². The topological polar surface area (TPSA) is 56.8 Å². The van der Waals surface area contributed by atoms with E-state index in [1.165, 1.54) is 25.0 Å². The van der Waals surface area contributed by atoms with Crippen LogP contribution in [-0.2, 0) is 4.74 Å². The first-order valence-corrected chi connectivity index (χ1v) is 11.7. The molecule has 0 saturated carbocycles. The maximum absolute atomic E-state index is 12.7. The number of hydrogen-bond acceptors (Lipinski definition) is 5. The summed E-state index contributed by atoms with van der Waals surface area (Å²) < 4.78 is 5.53. The minimum Gasteiger partial charge on any atom is -0.379 e. The van der Waals surface area contributed by atoms with Crippen molar-refractivity contribution in [2.45, 2.75) is 31.2 Å². The highest BCUT2D eigenvalue weighted by molar-refractivity contribution is 7.99. The van der Waals surface area contributed by atoms with E-state index < -0.39 is 0 Å². The zero-order valence-corrected chi connectivity index (χ0v) is 17.4. The predicted octanol–water partition coefficient (Wildman–Crippen LogP) is 3.01. The normalized spacial score (nSPS) is 26.2. The number of carbonyl (C=O) groups excluding carboxylic acids is 1. The molecular weight excluding hydrogens is 372 g/mol. The molecule has 3 heterocycles. The minimum absolute atomic E-state index is 0.0676. The molecule has 3 saturated heterocycles. The second kappa shape index (κ2) is 9.37. The molecule has 4 rings (SSSR count). The third-order valence-electron chi connectivity index (χ3n) is 6.19. The molecule has 1 unspecified atom stereocenters. The molecule has 1 aromatic carbocycles. The van der Waals surface area contributed by atoms with Gasteiger partial charge in [0.15, 0.2) is 0 Å². The van der Waals surface area contributed by atoms with E-state index in [1.807, 2.05) is 23.9 Å². The molecule has 3 fully saturated rings. The molecule has 0 bridgehead atoms. The number of thioether (sulfide) groups is 1. The van der Waals surface area contributed by atoms with Gasteiger partial charge in [0.1, 0.15) is 0 Å². The van der Waals surface area contributed by atoms with Gasteiger partial charge < -0.3 is 20.3 Å². The van der Waals surface area contributed by atoms with Crippen LogP contribution in [0.3, 0.4) is 0 Å². The lowest BCUT2D eigenvalue weighted by Gasteiger charge is -2.43. The Labute approximate surface area is 172 Å². The van der Waals surface area contributed by atoms with Gasteiger partial charge in [-0.1, -0.05) is 12.1 Å². The molecule has 7 heteroatoms. The summed E-state index contributed by atoms with van der Waals surface area (Å²) in [6, 6.07) is 8.06. The Morgan fingerprint density at radius 2 is 1.89 bits per heavy atom. The van der Waals surface area contributed by atoms with Gasteiger partial charge in [0.05, 0.1) is 24.6 Å². The van der Waals surface area contributed by atoms with Crippen LogP contribution in [-0.4, -0.2) is 73.9 Å². The van der Waals surface area contributed by atoms with E-state index in [0.717, 1.165) is 62.9 Å². The highest BCUT2D eigenvalue weighted by atomic mass is 32.2. The third kappa shape index (κ3) is 4.58. The van der Waals surface area contributed by atoms with E-state index in [1.54, 1.807) is 0 Å². The molecule has 0 radical (unpaired) electrons. The summed E-state index contributed by atoms with van der Waals surface area (Å²) in [5.41, 5.74) is 2.11. The number of benzene rings is 1. The maximum Gasteiger partial charge on any atom is 0.319 e. The SMILES string of the molecule is O=C(NCC1(N2CCOCC2)CCSC1)Nc1ccccc1N1CCCCC1. The number of hydrogen-bond donors (Lipinski definition) is 2. The Balaban J connectivity index is 1.38. The number of anilines is 2. The van der Waals surface area contributed by atoms with Gasteiger partial charge in [-0.3, -0.25) is 4.90 Å². The predicted molar refractivity (Wildman–Crippen MR) is 117 cm³/mol. The average Bonchev–Trinajstić information content (AvgIpc) is 3.24. The van der Waals surface area contributed by atoms with E-state index in [0.29, 0.717) is 6.54 Å². The molecule has 3 aliphatic heterocycles. The van der Waals surface area contributed by atoms with Gasteiger partial charge >= 0.3 is 6.03 Å². The van der Waals surface area contributed by atoms with Crippen molar-refractivity contribution in [3.8, 4) is 0 Å². The van der Waals surface area contributed by atoms with Gasteiger partial charge in [0.2, 0.25) is 0 Å². The van der Waals surface area contributed by atoms with Crippen LogP contribution >= 0.6 is 11.8 Å². The van der Waals surface area contributed by atoms with Crippen LogP contribution in [0, 0.1) is 0 Å². The summed E-state index contributed by atoms with van der Waals surface area (Å²) in [4.78, 5) is 17.7. The van der Waals surface area contributed by atoms with E-state index in [4.69, 9.17) is 4.74 Å². The number of nitrogens with zero attached hydrogens (tertiary/aromatic N) is 2. The number of carbonyl (C=O) groups is 1. The molecule has 2 N–H and O–H groups in total. The quantitative estimate of drug-likeness (QED) is 0.790. The maximum atomic E-state index is 12.7. The lowest BCUT2D eigenvalue weighted by molar-refractivity contribution is -0.0123. The molecule has 2 amide bonds. The lowest BCUT2D eigenvalue weighted by atomic mass is 9.95. The zero-order valence-electron chi connectivity index (χ0n) is 16.6. The van der Waals surface area contributed by atoms with E-state index >= 15 is 0 Å². The van der Waals surface area contributed by atoms with Crippen molar-refractivity contribution >= 4 is 29.2 Å². The molecule has 1 atom stereocenters. The molecule has 28 heavy (non-hydrogen) atoms. The molecule has 0 spiro atoms. The molecule has 154 valence electrons. The lowest BCUT2D eigenvalue weighted by Crippen LogP contribution is -2.59. The summed E-state index contributed by atoms with van der Waals surface area (Å²) in [7, 11) is 0. The highest BCUT2D eigenvalue weighted by Crippen LogP contribution is 2.34. The fourth-order valence-corrected chi connectivity index (χ4v) is 6.01. The van der Waals surface area contributed by atoms with Crippen LogP contribution < -0.4 is 15.5 Å². The minimum atomic E-state index is -0.103. The monoisotopic (exact) mass is 404 g/mol. The van der Waals surface area contributed by atoms with Crippen LogP contribution in [0.2, 0.25) is 0 Å². The van der Waals surface area contributed by atoms with E-state index in [-0.39, 0.29) is 11.6 Å². The number of morpholine rings is 1. The molecule has 0 aromatic heterocycles. The van der Waals surface area contributed by atoms with Gasteiger partial charge in [-0.25, -0.2) is 4.79 Å². The van der Waals surface area contributed by atoms with Crippen LogP contribution in [0.5, 0.6) is 0 Å². The average molecular weight is 405 g/mol. The van der Waals surface area contributed by atoms with Crippen molar-refractivity contribution in [1.82, 2.24) is 10.2 Å². The number of nitrogens with one attached hydrogen (secondary N) is 2. The first kappa shape index (κ1) is 19.9. The van der Waals surface area contributed by atoms with Crippen molar-refractivity contribution < 1.29 is 9.53 Å². The number of rotatable bonds is 5. The van der Waals surface area contributed by atoms with Crippen molar-refractivity contribution in [3.63, 3.8) is 0 Å². The first-order chi connectivity index (χ1) is 13.8. The van der Waals surface area contributed by atoms with E-state index in [9.17, 15) is 4.79 Å². The van der Waals surface area contributed by atoms with Gasteiger partial charge in [-0.2, -0.15) is 11.8 Å². The number of para-hydroxylation sites is 2. The van der Waals surface area contributed by atoms with Crippen LogP contribution in [0.15, 0.2) is 24.3 Å². The second-order valence-corrected chi connectivity index (χ2v) is 9.10. The summed E-state index contributed by atoms with van der Waals surface area (Å²) in [5, 5.41) is 6.29. The summed E-state index contributed by atoms with van der Waals surface area (Å²) in [6.45, 7) is 6.33. The van der Waals surface area contributed by atoms with Gasteiger partial charge in [0.25, 0.3) is 0 Å². The number of amides is 2.